The van der Waals surface area contributed by atoms with Crippen LogP contribution in [0.1, 0.15) is 18.9 Å². The van der Waals surface area contributed by atoms with E-state index in [0.29, 0.717) is 30.0 Å². The molecule has 0 radical (unpaired) electrons. The summed E-state index contributed by atoms with van der Waals surface area (Å²) < 4.78 is 4.82. The summed E-state index contributed by atoms with van der Waals surface area (Å²) in [5, 5.41) is 14.6. The Bertz CT molecular complexity index is 416. The second-order valence-electron chi connectivity index (χ2n) is 3.52. The third-order valence-corrected chi connectivity index (χ3v) is 2.27. The predicted molar refractivity (Wildman–Crippen MR) is 65.6 cm³/mol. The maximum atomic E-state index is 11.5. The summed E-state index contributed by atoms with van der Waals surface area (Å²) in [4.78, 5) is 11.5. The molecule has 0 aliphatic carbocycles. The Kier molecular flexibility index (Phi) is 5.16. The molecule has 1 amide bonds. The standard InChI is InChI=1S/C12H16N2O3/c1-9(14-16)10-5-3-4-6-11(10)13-12(15)7-8-17-2/h3-6,16H,7-8H2,1-2H3,(H,13,15). The van der Waals surface area contributed by atoms with Gasteiger partial charge in [0, 0.05) is 18.4 Å². The number of hydrogen-bond donors (Lipinski definition) is 2. The molecule has 1 aromatic carbocycles. The first-order valence-corrected chi connectivity index (χ1v) is 5.26. The first-order valence-electron chi connectivity index (χ1n) is 5.26. The number of nitrogens with one attached hydrogen (secondary N) is 1. The number of carbonyl (C=O) groups excluding carboxylic acids is 1. The molecule has 0 spiro atoms. The zero-order chi connectivity index (χ0) is 12.7. The van der Waals surface area contributed by atoms with Crippen molar-refractivity contribution < 1.29 is 14.7 Å². The molecular weight excluding hydrogens is 220 g/mol. The van der Waals surface area contributed by atoms with Crippen molar-refractivity contribution in [1.82, 2.24) is 0 Å². The Morgan fingerprint density at radius 2 is 2.18 bits per heavy atom. The molecule has 1 rings (SSSR count). The van der Waals surface area contributed by atoms with Gasteiger partial charge in [-0.1, -0.05) is 23.4 Å². The lowest BCUT2D eigenvalue weighted by Gasteiger charge is -2.09. The zero-order valence-electron chi connectivity index (χ0n) is 9.93. The maximum absolute atomic E-state index is 11.5. The van der Waals surface area contributed by atoms with Crippen molar-refractivity contribution in [3.63, 3.8) is 0 Å². The first-order chi connectivity index (χ1) is 8.19. The van der Waals surface area contributed by atoms with Crippen molar-refractivity contribution in [3.05, 3.63) is 29.8 Å². The molecule has 2 N–H and O–H groups in total. The number of methoxy groups -OCH3 is 1. The average Bonchev–Trinajstić information content (AvgIpc) is 2.36. The van der Waals surface area contributed by atoms with Crippen LogP contribution < -0.4 is 5.32 Å². The Morgan fingerprint density at radius 3 is 2.82 bits per heavy atom. The fraction of sp³-hybridized carbons (Fsp3) is 0.333. The molecule has 1 aromatic rings. The van der Waals surface area contributed by atoms with Gasteiger partial charge in [-0.2, -0.15) is 0 Å². The number of hydrogen-bond acceptors (Lipinski definition) is 4. The molecule has 92 valence electrons. The minimum Gasteiger partial charge on any atom is -0.411 e. The molecule has 0 heterocycles. The lowest BCUT2D eigenvalue weighted by molar-refractivity contribution is -0.117. The summed E-state index contributed by atoms with van der Waals surface area (Å²) in [5.74, 6) is -0.134. The molecule has 0 aromatic heterocycles. The number of nitrogens with zero attached hydrogens (tertiary/aromatic N) is 1. The molecule has 0 atom stereocenters. The Hall–Kier alpha value is -1.88. The van der Waals surface area contributed by atoms with E-state index in [2.05, 4.69) is 10.5 Å². The van der Waals surface area contributed by atoms with Crippen molar-refractivity contribution in [1.29, 1.82) is 0 Å². The topological polar surface area (TPSA) is 70.9 Å². The van der Waals surface area contributed by atoms with E-state index in [9.17, 15) is 4.79 Å². The highest BCUT2D eigenvalue weighted by Crippen LogP contribution is 2.16. The van der Waals surface area contributed by atoms with E-state index in [-0.39, 0.29) is 5.91 Å². The molecule has 5 nitrogen and oxygen atoms in total. The summed E-state index contributed by atoms with van der Waals surface area (Å²) in [6.07, 6.45) is 0.292. The van der Waals surface area contributed by atoms with Crippen LogP contribution in [0.4, 0.5) is 5.69 Å². The number of para-hydroxylation sites is 1. The van der Waals surface area contributed by atoms with E-state index < -0.39 is 0 Å². The number of oxime groups is 1. The van der Waals surface area contributed by atoms with Crippen molar-refractivity contribution in [3.8, 4) is 0 Å². The number of rotatable bonds is 5. The Labute approximate surface area is 100 Å². The van der Waals surface area contributed by atoms with Gasteiger partial charge in [0.05, 0.1) is 18.7 Å². The number of carbonyl (C=O) groups is 1. The van der Waals surface area contributed by atoms with Gasteiger partial charge in [-0.15, -0.1) is 0 Å². The predicted octanol–water partition coefficient (Wildman–Crippen LogP) is 1.86. The summed E-state index contributed by atoms with van der Waals surface area (Å²) in [7, 11) is 1.55. The van der Waals surface area contributed by atoms with Gasteiger partial charge in [-0.25, -0.2) is 0 Å². The van der Waals surface area contributed by atoms with Crippen LogP contribution in [0, 0.1) is 0 Å². The zero-order valence-corrected chi connectivity index (χ0v) is 9.93. The van der Waals surface area contributed by atoms with Crippen LogP contribution in [0.25, 0.3) is 0 Å². The van der Waals surface area contributed by atoms with E-state index in [4.69, 9.17) is 9.94 Å². The van der Waals surface area contributed by atoms with Gasteiger partial charge < -0.3 is 15.3 Å². The van der Waals surface area contributed by atoms with E-state index in [1.54, 1.807) is 32.2 Å². The van der Waals surface area contributed by atoms with Crippen molar-refractivity contribution >= 4 is 17.3 Å². The van der Waals surface area contributed by atoms with Crippen LogP contribution in [-0.4, -0.2) is 30.5 Å². The molecule has 0 saturated heterocycles. The van der Waals surface area contributed by atoms with E-state index in [0.717, 1.165) is 0 Å². The lowest BCUT2D eigenvalue weighted by atomic mass is 10.1. The molecular formula is C12H16N2O3. The van der Waals surface area contributed by atoms with Crippen LogP contribution in [-0.2, 0) is 9.53 Å². The SMILES string of the molecule is COCCC(=O)Nc1ccccc1C(C)=NO. The highest BCUT2D eigenvalue weighted by molar-refractivity contribution is 6.06. The molecule has 17 heavy (non-hydrogen) atoms. The molecule has 0 aliphatic rings. The van der Waals surface area contributed by atoms with Crippen LogP contribution in [0.3, 0.4) is 0 Å². The largest absolute Gasteiger partial charge is 0.411 e. The van der Waals surface area contributed by atoms with Gasteiger partial charge in [0.15, 0.2) is 0 Å². The smallest absolute Gasteiger partial charge is 0.226 e. The molecule has 0 unspecified atom stereocenters. The quantitative estimate of drug-likeness (QED) is 0.465. The van der Waals surface area contributed by atoms with Crippen LogP contribution in [0.2, 0.25) is 0 Å². The van der Waals surface area contributed by atoms with Gasteiger partial charge in [0.2, 0.25) is 5.91 Å². The molecule has 0 bridgehead atoms. The van der Waals surface area contributed by atoms with Crippen molar-refractivity contribution in [2.24, 2.45) is 5.16 Å². The number of amides is 1. The number of benzene rings is 1. The Morgan fingerprint density at radius 1 is 1.47 bits per heavy atom. The monoisotopic (exact) mass is 236 g/mol. The van der Waals surface area contributed by atoms with Gasteiger partial charge in [0.25, 0.3) is 0 Å². The van der Waals surface area contributed by atoms with Crippen LogP contribution in [0.15, 0.2) is 29.4 Å². The fourth-order valence-electron chi connectivity index (χ4n) is 1.37. The van der Waals surface area contributed by atoms with Crippen LogP contribution >= 0.6 is 0 Å². The van der Waals surface area contributed by atoms with E-state index >= 15 is 0 Å². The molecule has 0 aliphatic heterocycles. The van der Waals surface area contributed by atoms with Gasteiger partial charge >= 0.3 is 0 Å². The third-order valence-electron chi connectivity index (χ3n) is 2.27. The minimum atomic E-state index is -0.134. The van der Waals surface area contributed by atoms with Crippen LogP contribution in [0.5, 0.6) is 0 Å². The maximum Gasteiger partial charge on any atom is 0.226 e. The third kappa shape index (κ3) is 3.88. The lowest BCUT2D eigenvalue weighted by Crippen LogP contribution is -2.15. The average molecular weight is 236 g/mol. The van der Waals surface area contributed by atoms with E-state index in [1.807, 2.05) is 6.07 Å². The molecule has 0 saturated carbocycles. The summed E-state index contributed by atoms with van der Waals surface area (Å²) in [6, 6.07) is 7.16. The minimum absolute atomic E-state index is 0.134. The highest BCUT2D eigenvalue weighted by atomic mass is 16.5. The summed E-state index contributed by atoms with van der Waals surface area (Å²) in [6.45, 7) is 2.04. The second kappa shape index (κ2) is 6.65. The first kappa shape index (κ1) is 13.2. The second-order valence-corrected chi connectivity index (χ2v) is 3.52. The van der Waals surface area contributed by atoms with Crippen molar-refractivity contribution in [2.45, 2.75) is 13.3 Å². The normalized spacial score (nSPS) is 11.3. The van der Waals surface area contributed by atoms with Crippen molar-refractivity contribution in [2.75, 3.05) is 19.0 Å². The van der Waals surface area contributed by atoms with Gasteiger partial charge in [-0.05, 0) is 13.0 Å². The van der Waals surface area contributed by atoms with Gasteiger partial charge in [0.1, 0.15) is 0 Å². The molecule has 0 fully saturated rings. The Balaban J connectivity index is 2.80. The highest BCUT2D eigenvalue weighted by Gasteiger charge is 2.08. The number of ether oxygens (including phenoxy) is 1. The summed E-state index contributed by atoms with van der Waals surface area (Å²) in [5.41, 5.74) is 1.78. The molecule has 5 heteroatoms. The van der Waals surface area contributed by atoms with E-state index in [1.165, 1.54) is 0 Å². The number of anilines is 1. The fourth-order valence-corrected chi connectivity index (χ4v) is 1.37. The summed E-state index contributed by atoms with van der Waals surface area (Å²) >= 11 is 0. The van der Waals surface area contributed by atoms with Gasteiger partial charge in [-0.3, -0.25) is 4.79 Å².